The molecule has 4 nitrogen and oxygen atoms in total. The summed E-state index contributed by atoms with van der Waals surface area (Å²) in [5.74, 6) is 8.29. The third-order valence-corrected chi connectivity index (χ3v) is 7.73. The highest BCUT2D eigenvalue weighted by Gasteiger charge is 2.44. The van der Waals surface area contributed by atoms with Gasteiger partial charge in [-0.15, -0.1) is 11.6 Å². The fraction of sp³-hybridized carbons (Fsp3) is 0.500. The molecule has 162 valence electrons. The van der Waals surface area contributed by atoms with Crippen molar-refractivity contribution >= 4 is 17.4 Å². The normalized spacial score (nSPS) is 32.0. The highest BCUT2D eigenvalue weighted by molar-refractivity contribution is 6.21. The van der Waals surface area contributed by atoms with Crippen molar-refractivity contribution in [3.8, 4) is 11.8 Å². The molecule has 0 saturated carbocycles. The molecule has 3 atom stereocenters. The Morgan fingerprint density at radius 3 is 2.55 bits per heavy atom. The molecule has 0 spiro atoms. The molecule has 1 aromatic heterocycles. The summed E-state index contributed by atoms with van der Waals surface area (Å²) in [6.45, 7) is 6.76. The smallest absolute Gasteiger partial charge is 0.141 e. The van der Waals surface area contributed by atoms with Crippen LogP contribution in [0.1, 0.15) is 36.6 Å². The first-order valence-electron chi connectivity index (χ1n) is 11.4. The van der Waals surface area contributed by atoms with E-state index in [4.69, 9.17) is 16.6 Å². The third kappa shape index (κ3) is 4.32. The number of aliphatic hydroxyl groups is 1. The molecule has 0 unspecified atom stereocenters. The van der Waals surface area contributed by atoms with Gasteiger partial charge >= 0.3 is 0 Å². The van der Waals surface area contributed by atoms with Gasteiger partial charge in [0.25, 0.3) is 0 Å². The third-order valence-electron chi connectivity index (χ3n) is 7.16. The van der Waals surface area contributed by atoms with E-state index < -0.39 is 5.60 Å². The van der Waals surface area contributed by atoms with E-state index in [0.717, 1.165) is 62.5 Å². The number of hydrogen-bond donors (Lipinski definition) is 1. The van der Waals surface area contributed by atoms with Gasteiger partial charge in [0.15, 0.2) is 0 Å². The summed E-state index contributed by atoms with van der Waals surface area (Å²) in [7, 11) is 0. The SMILES string of the molecule is C[C@@H]1CN(c2ccc(C#C[C@@]3(O)CN4CCC3CC4)c(Cc3ccccc3)n2)C[C@@H]1Cl. The van der Waals surface area contributed by atoms with Crippen LogP contribution in [0, 0.1) is 23.7 Å². The Labute approximate surface area is 190 Å². The van der Waals surface area contributed by atoms with Gasteiger partial charge in [0.05, 0.1) is 11.1 Å². The average molecular weight is 436 g/mol. The van der Waals surface area contributed by atoms with Crippen molar-refractivity contribution in [1.82, 2.24) is 9.88 Å². The van der Waals surface area contributed by atoms with Gasteiger partial charge in [0.2, 0.25) is 0 Å². The molecular weight excluding hydrogens is 406 g/mol. The van der Waals surface area contributed by atoms with Gasteiger partial charge < -0.3 is 10.0 Å². The van der Waals surface area contributed by atoms with E-state index in [1.165, 1.54) is 5.56 Å². The van der Waals surface area contributed by atoms with Crippen molar-refractivity contribution in [2.24, 2.45) is 11.8 Å². The molecule has 1 aromatic carbocycles. The van der Waals surface area contributed by atoms with Gasteiger partial charge in [-0.05, 0) is 49.5 Å². The van der Waals surface area contributed by atoms with Crippen molar-refractivity contribution in [2.75, 3.05) is 37.6 Å². The van der Waals surface area contributed by atoms with Crippen LogP contribution in [0.25, 0.3) is 0 Å². The van der Waals surface area contributed by atoms with Gasteiger partial charge in [0.1, 0.15) is 11.4 Å². The van der Waals surface area contributed by atoms with Crippen LogP contribution < -0.4 is 4.90 Å². The molecule has 0 amide bonds. The standard InChI is InChI=1S/C26H30ClN3O/c1-19-16-30(17-23(19)27)25-8-7-21(24(28-25)15-20-5-3-2-4-6-20)9-12-26(31)18-29-13-10-22(26)11-14-29/h2-8,19,22-23,31H,10-11,13-18H2,1H3/t19-,23+,26-/m1/s1. The minimum Gasteiger partial charge on any atom is -0.376 e. The topological polar surface area (TPSA) is 39.6 Å². The predicted molar refractivity (Wildman–Crippen MR) is 125 cm³/mol. The number of rotatable bonds is 3. The summed E-state index contributed by atoms with van der Waals surface area (Å²) in [5.41, 5.74) is 2.18. The number of anilines is 1. The zero-order valence-electron chi connectivity index (χ0n) is 18.1. The van der Waals surface area contributed by atoms with Crippen molar-refractivity contribution < 1.29 is 5.11 Å². The van der Waals surface area contributed by atoms with Crippen LogP contribution >= 0.6 is 11.6 Å². The molecule has 2 bridgehead atoms. The van der Waals surface area contributed by atoms with Gasteiger partial charge in [-0.2, -0.15) is 0 Å². The summed E-state index contributed by atoms with van der Waals surface area (Å²) < 4.78 is 0. The molecule has 4 aliphatic rings. The monoisotopic (exact) mass is 435 g/mol. The fourth-order valence-corrected chi connectivity index (χ4v) is 5.42. The summed E-state index contributed by atoms with van der Waals surface area (Å²) in [6, 6.07) is 14.5. The molecule has 2 aromatic rings. The number of hydrogen-bond acceptors (Lipinski definition) is 4. The van der Waals surface area contributed by atoms with E-state index in [0.29, 0.717) is 12.5 Å². The molecule has 1 N–H and O–H groups in total. The van der Waals surface area contributed by atoms with Crippen molar-refractivity contribution in [2.45, 2.75) is 37.2 Å². The Balaban J connectivity index is 1.46. The van der Waals surface area contributed by atoms with E-state index >= 15 is 0 Å². The van der Waals surface area contributed by atoms with E-state index in [1.807, 2.05) is 6.07 Å². The van der Waals surface area contributed by atoms with Gasteiger partial charge in [-0.1, -0.05) is 49.1 Å². The second kappa shape index (κ2) is 8.47. The fourth-order valence-electron chi connectivity index (χ4n) is 5.17. The van der Waals surface area contributed by atoms with Crippen LogP contribution in [0.3, 0.4) is 0 Å². The molecule has 31 heavy (non-hydrogen) atoms. The van der Waals surface area contributed by atoms with Gasteiger partial charge in [-0.3, -0.25) is 4.90 Å². The molecule has 5 heteroatoms. The maximum absolute atomic E-state index is 11.2. The number of halogens is 1. The number of fused-ring (bicyclic) bond motifs is 3. The largest absolute Gasteiger partial charge is 0.376 e. The highest BCUT2D eigenvalue weighted by atomic mass is 35.5. The van der Waals surface area contributed by atoms with Crippen LogP contribution in [-0.2, 0) is 6.42 Å². The summed E-state index contributed by atoms with van der Waals surface area (Å²) in [6.07, 6.45) is 2.79. The Bertz CT molecular complexity index is 983. The number of nitrogens with zero attached hydrogens (tertiary/aromatic N) is 3. The molecule has 0 radical (unpaired) electrons. The lowest BCUT2D eigenvalue weighted by Crippen LogP contribution is -2.58. The first-order valence-corrected chi connectivity index (χ1v) is 11.8. The first-order chi connectivity index (χ1) is 15.0. The summed E-state index contributed by atoms with van der Waals surface area (Å²) >= 11 is 6.47. The Morgan fingerprint density at radius 2 is 1.90 bits per heavy atom. The van der Waals surface area contributed by atoms with Gasteiger partial charge in [-0.25, -0.2) is 4.98 Å². The number of alkyl halides is 1. The maximum atomic E-state index is 11.2. The number of benzene rings is 1. The van der Waals surface area contributed by atoms with Crippen LogP contribution in [0.2, 0.25) is 0 Å². The molecule has 4 saturated heterocycles. The number of piperidine rings is 3. The summed E-state index contributed by atoms with van der Waals surface area (Å²) in [5, 5.41) is 11.4. The molecule has 6 rings (SSSR count). The molecular formula is C26H30ClN3O. The second-order valence-electron chi connectivity index (χ2n) is 9.45. The molecule has 0 aliphatic carbocycles. The van der Waals surface area contributed by atoms with E-state index in [2.05, 4.69) is 65.0 Å². The van der Waals surface area contributed by atoms with Crippen LogP contribution in [0.4, 0.5) is 5.82 Å². The maximum Gasteiger partial charge on any atom is 0.141 e. The van der Waals surface area contributed by atoms with Crippen molar-refractivity contribution in [3.05, 3.63) is 59.3 Å². The number of aromatic nitrogens is 1. The lowest BCUT2D eigenvalue weighted by atomic mass is 9.75. The van der Waals surface area contributed by atoms with Crippen LogP contribution in [0.5, 0.6) is 0 Å². The molecule has 5 heterocycles. The van der Waals surface area contributed by atoms with Crippen LogP contribution in [-0.4, -0.2) is 58.7 Å². The van der Waals surface area contributed by atoms with Crippen molar-refractivity contribution in [1.29, 1.82) is 0 Å². The van der Waals surface area contributed by atoms with E-state index in [1.54, 1.807) is 0 Å². The summed E-state index contributed by atoms with van der Waals surface area (Å²) in [4.78, 5) is 9.63. The Kier molecular flexibility index (Phi) is 5.69. The van der Waals surface area contributed by atoms with Crippen LogP contribution in [0.15, 0.2) is 42.5 Å². The van der Waals surface area contributed by atoms with Crippen molar-refractivity contribution in [3.63, 3.8) is 0 Å². The lowest BCUT2D eigenvalue weighted by Gasteiger charge is -2.47. The predicted octanol–water partition coefficient (Wildman–Crippen LogP) is 3.54. The Hall–Kier alpha value is -2.06. The number of pyridine rings is 1. The zero-order valence-corrected chi connectivity index (χ0v) is 18.9. The minimum atomic E-state index is -0.907. The molecule has 4 aliphatic heterocycles. The Morgan fingerprint density at radius 1 is 1.13 bits per heavy atom. The van der Waals surface area contributed by atoms with E-state index in [9.17, 15) is 5.11 Å². The quantitative estimate of drug-likeness (QED) is 0.591. The highest BCUT2D eigenvalue weighted by Crippen LogP contribution is 2.35. The molecule has 4 fully saturated rings. The average Bonchev–Trinajstić information content (AvgIpc) is 3.12. The minimum absolute atomic E-state index is 0.157. The first kappa shape index (κ1) is 20.8. The zero-order chi connectivity index (χ0) is 21.4. The van der Waals surface area contributed by atoms with E-state index in [-0.39, 0.29) is 11.3 Å². The lowest BCUT2D eigenvalue weighted by molar-refractivity contribution is -0.0713. The second-order valence-corrected chi connectivity index (χ2v) is 10.0. The van der Waals surface area contributed by atoms with Gasteiger partial charge in [0, 0.05) is 37.5 Å².